The van der Waals surface area contributed by atoms with E-state index >= 15 is 0 Å². The van der Waals surface area contributed by atoms with Crippen molar-refractivity contribution in [3.63, 3.8) is 0 Å². The van der Waals surface area contributed by atoms with E-state index in [2.05, 4.69) is 86.6 Å². The molecule has 0 spiro atoms. The van der Waals surface area contributed by atoms with Crippen LogP contribution >= 0.6 is 0 Å². The van der Waals surface area contributed by atoms with Crippen LogP contribution in [0.4, 0.5) is 0 Å². The minimum absolute atomic E-state index is 0.330. The Labute approximate surface area is 201 Å². The van der Waals surface area contributed by atoms with E-state index in [0.717, 1.165) is 23.5 Å². The maximum absolute atomic E-state index is 6.40. The number of nitrogens with zero attached hydrogens (tertiary/aromatic N) is 1. The Morgan fingerprint density at radius 3 is 2.58 bits per heavy atom. The molecule has 2 aromatic rings. The third-order valence-corrected chi connectivity index (χ3v) is 5.52. The fourth-order valence-corrected chi connectivity index (χ4v) is 3.89. The topological polar surface area (TPSA) is 30.8 Å². The molecule has 0 fully saturated rings. The third kappa shape index (κ3) is 7.26. The van der Waals surface area contributed by atoms with Gasteiger partial charge in [-0.15, -0.1) is 0 Å². The third-order valence-electron chi connectivity index (χ3n) is 5.52. The van der Waals surface area contributed by atoms with Crippen molar-refractivity contribution < 1.29 is 9.47 Å². The molecule has 4 heteroatoms. The molecule has 1 aliphatic heterocycles. The monoisotopic (exact) mass is 441 g/mol. The van der Waals surface area contributed by atoms with Crippen LogP contribution in [0.3, 0.4) is 0 Å². The van der Waals surface area contributed by atoms with Gasteiger partial charge >= 0.3 is 55.9 Å². The number of methoxy groups -OCH3 is 1. The minimum atomic E-state index is -0.330. The Kier molecular flexibility index (Phi) is 10.3. The van der Waals surface area contributed by atoms with E-state index in [9.17, 15) is 0 Å². The molecule has 0 aliphatic carbocycles. The molecule has 3 rings (SSSR count). The number of ether oxygens (including phenoxy) is 2. The van der Waals surface area contributed by atoms with Gasteiger partial charge in [-0.2, -0.15) is 0 Å². The molecule has 0 bridgehead atoms. The second-order valence-electron chi connectivity index (χ2n) is 8.61. The van der Waals surface area contributed by atoms with Gasteiger partial charge in [0.2, 0.25) is 0 Å². The second-order valence-corrected chi connectivity index (χ2v) is 8.61. The largest absolute Gasteiger partial charge is 0.496 e. The van der Waals surface area contributed by atoms with Gasteiger partial charge in [0.05, 0.1) is 12.7 Å². The number of hydrogen-bond acceptors (Lipinski definition) is 3. The summed E-state index contributed by atoms with van der Waals surface area (Å²) in [4.78, 5) is 3.76. The van der Waals surface area contributed by atoms with Gasteiger partial charge in [-0.25, -0.2) is 0 Å². The van der Waals surface area contributed by atoms with Gasteiger partial charge in [-0.05, 0) is 56.9 Å². The van der Waals surface area contributed by atoms with Gasteiger partial charge in [0.1, 0.15) is 17.1 Å². The van der Waals surface area contributed by atoms with Crippen molar-refractivity contribution in [3.05, 3.63) is 47.0 Å². The molecule has 172 valence electrons. The fourth-order valence-electron chi connectivity index (χ4n) is 3.89. The zero-order chi connectivity index (χ0) is 24.3. The number of fused-ring (bicyclic) bond motifs is 3. The van der Waals surface area contributed by atoms with Crippen molar-refractivity contribution in [1.82, 2.24) is 0 Å². The van der Waals surface area contributed by atoms with E-state index in [1.165, 1.54) is 41.5 Å². The average Bonchev–Trinajstić information content (AvgIpc) is 2.78. The summed E-state index contributed by atoms with van der Waals surface area (Å²) in [6, 6.07) is 11.0. The first-order valence-electron chi connectivity index (χ1n) is 11.7. The van der Waals surface area contributed by atoms with Crippen LogP contribution in [0, 0.1) is 30.6 Å². The SMILES string of the molecule is CC#CC#CCB=NC.CCCCCc1cc(OC)c2c(c1)OC(C)(C)c1ccc(C)cc1-2. The van der Waals surface area contributed by atoms with Crippen molar-refractivity contribution in [1.29, 1.82) is 0 Å². The average molecular weight is 441 g/mol. The van der Waals surface area contributed by atoms with Gasteiger partial charge in [0.25, 0.3) is 0 Å². The van der Waals surface area contributed by atoms with Gasteiger partial charge in [0, 0.05) is 5.56 Å². The molecule has 3 nitrogen and oxygen atoms in total. The van der Waals surface area contributed by atoms with Crippen LogP contribution in [-0.2, 0) is 12.0 Å². The summed E-state index contributed by atoms with van der Waals surface area (Å²) < 4.78 is 12.1. The van der Waals surface area contributed by atoms with Crippen molar-refractivity contribution >= 4 is 7.07 Å². The van der Waals surface area contributed by atoms with E-state index in [-0.39, 0.29) is 5.60 Å². The van der Waals surface area contributed by atoms with Crippen LogP contribution in [0.25, 0.3) is 11.1 Å². The van der Waals surface area contributed by atoms with Crippen LogP contribution < -0.4 is 9.47 Å². The molecule has 2 aromatic carbocycles. The summed E-state index contributed by atoms with van der Waals surface area (Å²) in [6.07, 6.45) is 5.47. The molecule has 1 heterocycles. The molecule has 0 unspecified atom stereocenters. The van der Waals surface area contributed by atoms with Crippen molar-refractivity contribution in [2.24, 2.45) is 4.90 Å². The molecule has 0 radical (unpaired) electrons. The Hall–Kier alpha value is -2.98. The Morgan fingerprint density at radius 2 is 1.91 bits per heavy atom. The van der Waals surface area contributed by atoms with Gasteiger partial charge in [-0.3, -0.25) is 0 Å². The molecule has 0 aromatic heterocycles. The van der Waals surface area contributed by atoms with E-state index in [1.807, 2.05) is 0 Å². The van der Waals surface area contributed by atoms with Crippen molar-refractivity contribution in [3.8, 4) is 46.3 Å². The summed E-state index contributed by atoms with van der Waals surface area (Å²) in [5.41, 5.74) is 5.77. The summed E-state index contributed by atoms with van der Waals surface area (Å²) in [7, 11) is 5.23. The number of rotatable bonds is 6. The molecule has 0 atom stereocenters. The maximum Gasteiger partial charge on any atom is 0.132 e. The van der Waals surface area contributed by atoms with Crippen LogP contribution in [0.2, 0.25) is 6.32 Å². The van der Waals surface area contributed by atoms with Crippen LogP contribution in [0.15, 0.2) is 35.2 Å². The normalized spacial score (nSPS) is 12.3. The van der Waals surface area contributed by atoms with Crippen molar-refractivity contribution in [2.45, 2.75) is 72.2 Å². The standard InChI is InChI=1S/C22H28O2.C7H8BN/c1-6-7-8-9-16-13-19(23-5)21-17-12-15(2)10-11-18(17)22(3,4)24-20(21)14-16;1-3-4-5-6-7-8-9-2/h10-14H,6-9H2,1-5H3;7H2,1-2H3. The summed E-state index contributed by atoms with van der Waals surface area (Å²) in [5, 5.41) is 0. The van der Waals surface area contributed by atoms with E-state index in [1.54, 1.807) is 28.2 Å². The molecule has 0 saturated carbocycles. The van der Waals surface area contributed by atoms with Crippen LogP contribution in [0.5, 0.6) is 11.5 Å². The fraction of sp³-hybridized carbons (Fsp3) is 0.448. The number of aryl methyl sites for hydroxylation is 2. The summed E-state index contributed by atoms with van der Waals surface area (Å²) in [5.74, 6) is 12.7. The molecule has 33 heavy (non-hydrogen) atoms. The zero-order valence-electron chi connectivity index (χ0n) is 21.3. The first-order valence-corrected chi connectivity index (χ1v) is 11.7. The molecular formula is C29H36BNO2. The van der Waals surface area contributed by atoms with Crippen LogP contribution in [-0.4, -0.2) is 21.2 Å². The van der Waals surface area contributed by atoms with Gasteiger partial charge in [-0.1, -0.05) is 43.5 Å². The number of unbranched alkanes of at least 4 members (excludes halogenated alkanes) is 2. The molecule has 0 saturated heterocycles. The first-order chi connectivity index (χ1) is 15.9. The minimum Gasteiger partial charge on any atom is -0.496 e. The smallest absolute Gasteiger partial charge is 0.132 e. The predicted molar refractivity (Wildman–Crippen MR) is 140 cm³/mol. The van der Waals surface area contributed by atoms with Crippen molar-refractivity contribution in [2.75, 3.05) is 14.2 Å². The summed E-state index contributed by atoms with van der Waals surface area (Å²) in [6.45, 7) is 10.4. The Morgan fingerprint density at radius 1 is 1.12 bits per heavy atom. The molecule has 1 aliphatic rings. The number of hydrogen-bond donors (Lipinski definition) is 0. The Bertz CT molecular complexity index is 1090. The number of benzene rings is 2. The zero-order valence-corrected chi connectivity index (χ0v) is 21.3. The van der Waals surface area contributed by atoms with E-state index < -0.39 is 0 Å². The molecular weight excluding hydrogens is 405 g/mol. The predicted octanol–water partition coefficient (Wildman–Crippen LogP) is 6.98. The molecule has 0 amide bonds. The summed E-state index contributed by atoms with van der Waals surface area (Å²) >= 11 is 0. The van der Waals surface area contributed by atoms with E-state index in [0.29, 0.717) is 6.32 Å². The van der Waals surface area contributed by atoms with Gasteiger partial charge < -0.3 is 9.47 Å². The second kappa shape index (κ2) is 12.9. The first kappa shape index (κ1) is 26.3. The van der Waals surface area contributed by atoms with Crippen LogP contribution in [0.1, 0.15) is 63.6 Å². The van der Waals surface area contributed by atoms with E-state index in [4.69, 9.17) is 9.47 Å². The van der Waals surface area contributed by atoms with Gasteiger partial charge in [0.15, 0.2) is 0 Å². The molecule has 0 N–H and O–H groups in total. The maximum atomic E-state index is 6.40. The Balaban J connectivity index is 0.000000365. The quantitative estimate of drug-likeness (QED) is 0.275.